The third-order valence-electron chi connectivity index (χ3n) is 1.89. The summed E-state index contributed by atoms with van der Waals surface area (Å²) in [7, 11) is 0. The number of aromatic nitrogens is 2. The number of anilines is 1. The van der Waals surface area contributed by atoms with Crippen molar-refractivity contribution in [1.82, 2.24) is 15.3 Å². The van der Waals surface area contributed by atoms with Gasteiger partial charge in [0.05, 0.1) is 0 Å². The van der Waals surface area contributed by atoms with E-state index in [2.05, 4.69) is 34.4 Å². The topological polar surface area (TPSA) is 49.8 Å². The van der Waals surface area contributed by atoms with Crippen LogP contribution in [0.5, 0.6) is 0 Å². The molecule has 0 bridgehead atoms. The van der Waals surface area contributed by atoms with Crippen LogP contribution < -0.4 is 10.6 Å². The molecule has 1 heterocycles. The van der Waals surface area contributed by atoms with Crippen molar-refractivity contribution in [3.05, 3.63) is 18.5 Å². The van der Waals surface area contributed by atoms with Gasteiger partial charge in [0, 0.05) is 18.4 Å². The maximum absolute atomic E-state index is 5.12. The molecule has 82 valence electrons. The number of hydrogen-bond acceptors (Lipinski definition) is 3. The Morgan fingerprint density at radius 2 is 2.13 bits per heavy atom. The number of nitrogens with zero attached hydrogens (tertiary/aromatic N) is 2. The molecule has 0 unspecified atom stereocenters. The van der Waals surface area contributed by atoms with Crippen LogP contribution >= 0.6 is 12.2 Å². The Morgan fingerprint density at radius 1 is 1.47 bits per heavy atom. The molecule has 0 fully saturated rings. The highest BCUT2D eigenvalue weighted by Gasteiger charge is 2.03. The van der Waals surface area contributed by atoms with Crippen molar-refractivity contribution in [2.45, 2.75) is 32.7 Å². The van der Waals surface area contributed by atoms with Crippen molar-refractivity contribution in [2.24, 2.45) is 0 Å². The molecule has 0 aliphatic rings. The normalized spacial score (nSPS) is 11.9. The monoisotopic (exact) mass is 224 g/mol. The Hall–Kier alpha value is -1.23. The summed E-state index contributed by atoms with van der Waals surface area (Å²) < 4.78 is 0. The Balaban J connectivity index is 2.36. The maximum Gasteiger partial charge on any atom is 0.228 e. The standard InChI is InChI=1S/C10H16N4S/c1-3-5-8(2)13-10(15)14-9-11-6-4-7-12-9/h4,6-8H,3,5H2,1-2H3,(H2,11,12,13,14,15)/t8-/m1/s1. The van der Waals surface area contributed by atoms with Gasteiger partial charge in [-0.3, -0.25) is 0 Å². The summed E-state index contributed by atoms with van der Waals surface area (Å²) in [5.74, 6) is 0.527. The van der Waals surface area contributed by atoms with Crippen LogP contribution in [-0.2, 0) is 0 Å². The lowest BCUT2D eigenvalue weighted by molar-refractivity contribution is 0.599. The van der Waals surface area contributed by atoms with Gasteiger partial charge in [-0.05, 0) is 31.6 Å². The van der Waals surface area contributed by atoms with Crippen molar-refractivity contribution < 1.29 is 0 Å². The van der Waals surface area contributed by atoms with Crippen LogP contribution in [0.15, 0.2) is 18.5 Å². The van der Waals surface area contributed by atoms with Crippen LogP contribution in [0, 0.1) is 0 Å². The van der Waals surface area contributed by atoms with Crippen LogP contribution in [0.2, 0.25) is 0 Å². The molecular weight excluding hydrogens is 208 g/mol. The summed E-state index contributed by atoms with van der Waals surface area (Å²) in [5, 5.41) is 6.67. The predicted molar refractivity (Wildman–Crippen MR) is 65.8 cm³/mol. The number of nitrogens with one attached hydrogen (secondary N) is 2. The van der Waals surface area contributed by atoms with E-state index in [9.17, 15) is 0 Å². The molecule has 0 saturated carbocycles. The highest BCUT2D eigenvalue weighted by molar-refractivity contribution is 7.80. The molecule has 4 nitrogen and oxygen atoms in total. The molecule has 0 radical (unpaired) electrons. The van der Waals surface area contributed by atoms with Crippen molar-refractivity contribution in [3.63, 3.8) is 0 Å². The molecule has 2 N–H and O–H groups in total. The minimum atomic E-state index is 0.374. The van der Waals surface area contributed by atoms with Gasteiger partial charge >= 0.3 is 0 Å². The average Bonchev–Trinajstić information content (AvgIpc) is 2.19. The zero-order chi connectivity index (χ0) is 11.1. The van der Waals surface area contributed by atoms with Crippen molar-refractivity contribution in [2.75, 3.05) is 5.32 Å². The van der Waals surface area contributed by atoms with Crippen LogP contribution in [0.3, 0.4) is 0 Å². The van der Waals surface area contributed by atoms with Crippen LogP contribution in [0.1, 0.15) is 26.7 Å². The van der Waals surface area contributed by atoms with E-state index < -0.39 is 0 Å². The third kappa shape index (κ3) is 4.69. The molecule has 0 spiro atoms. The summed E-state index contributed by atoms with van der Waals surface area (Å²) in [5.41, 5.74) is 0. The maximum atomic E-state index is 5.12. The third-order valence-corrected chi connectivity index (χ3v) is 2.11. The summed E-state index contributed by atoms with van der Waals surface area (Å²) in [6.07, 6.45) is 5.58. The largest absolute Gasteiger partial charge is 0.360 e. The van der Waals surface area contributed by atoms with Gasteiger partial charge in [0.15, 0.2) is 5.11 Å². The SMILES string of the molecule is CCC[C@@H](C)NC(=S)Nc1ncccn1. The zero-order valence-electron chi connectivity index (χ0n) is 9.03. The Labute approximate surface area is 95.5 Å². The summed E-state index contributed by atoms with van der Waals surface area (Å²) >= 11 is 5.12. The highest BCUT2D eigenvalue weighted by atomic mass is 32.1. The van der Waals surface area contributed by atoms with E-state index in [1.807, 2.05) is 0 Å². The fourth-order valence-electron chi connectivity index (χ4n) is 1.23. The number of rotatable bonds is 4. The molecule has 0 aliphatic carbocycles. The van der Waals surface area contributed by atoms with Gasteiger partial charge in [-0.15, -0.1) is 0 Å². The van der Waals surface area contributed by atoms with Gasteiger partial charge in [-0.1, -0.05) is 13.3 Å². The lowest BCUT2D eigenvalue weighted by Gasteiger charge is -2.15. The van der Waals surface area contributed by atoms with Crippen LogP contribution in [0.25, 0.3) is 0 Å². The first-order chi connectivity index (χ1) is 7.22. The molecule has 15 heavy (non-hydrogen) atoms. The molecule has 5 heteroatoms. The molecule has 1 atom stereocenters. The summed E-state index contributed by atoms with van der Waals surface area (Å²) in [6.45, 7) is 4.25. The molecule has 1 aromatic heterocycles. The van der Waals surface area contributed by atoms with E-state index in [-0.39, 0.29) is 0 Å². The first-order valence-corrected chi connectivity index (χ1v) is 5.47. The second-order valence-corrected chi connectivity index (χ2v) is 3.77. The number of thiocarbonyl (C=S) groups is 1. The van der Waals surface area contributed by atoms with E-state index in [1.54, 1.807) is 18.5 Å². The lowest BCUT2D eigenvalue weighted by atomic mass is 10.2. The second kappa shape index (κ2) is 6.29. The van der Waals surface area contributed by atoms with Gasteiger partial charge in [-0.25, -0.2) is 9.97 Å². The second-order valence-electron chi connectivity index (χ2n) is 3.36. The van der Waals surface area contributed by atoms with Crippen molar-refractivity contribution in [1.29, 1.82) is 0 Å². The van der Waals surface area contributed by atoms with Gasteiger partial charge in [0.2, 0.25) is 5.95 Å². The summed E-state index contributed by atoms with van der Waals surface area (Å²) in [4.78, 5) is 8.04. The fourth-order valence-corrected chi connectivity index (χ4v) is 1.52. The molecule has 1 aromatic rings. The average molecular weight is 224 g/mol. The van der Waals surface area contributed by atoms with Gasteiger partial charge < -0.3 is 10.6 Å². The predicted octanol–water partition coefficient (Wildman–Crippen LogP) is 1.95. The Kier molecular flexibility index (Phi) is 4.97. The minimum Gasteiger partial charge on any atom is -0.360 e. The molecule has 1 rings (SSSR count). The lowest BCUT2D eigenvalue weighted by Crippen LogP contribution is -2.36. The first kappa shape index (κ1) is 11.8. The van der Waals surface area contributed by atoms with E-state index in [0.717, 1.165) is 12.8 Å². The molecule has 0 aliphatic heterocycles. The van der Waals surface area contributed by atoms with Gasteiger partial charge in [-0.2, -0.15) is 0 Å². The van der Waals surface area contributed by atoms with E-state index >= 15 is 0 Å². The smallest absolute Gasteiger partial charge is 0.228 e. The van der Waals surface area contributed by atoms with E-state index in [0.29, 0.717) is 17.1 Å². The van der Waals surface area contributed by atoms with E-state index in [1.165, 1.54) is 0 Å². The minimum absolute atomic E-state index is 0.374. The van der Waals surface area contributed by atoms with Crippen molar-refractivity contribution in [3.8, 4) is 0 Å². The fraction of sp³-hybridized carbons (Fsp3) is 0.500. The van der Waals surface area contributed by atoms with Crippen LogP contribution in [-0.4, -0.2) is 21.1 Å². The van der Waals surface area contributed by atoms with E-state index in [4.69, 9.17) is 12.2 Å². The Morgan fingerprint density at radius 3 is 2.73 bits per heavy atom. The molecular formula is C10H16N4S. The highest BCUT2D eigenvalue weighted by Crippen LogP contribution is 1.97. The Bertz CT molecular complexity index is 302. The first-order valence-electron chi connectivity index (χ1n) is 5.07. The van der Waals surface area contributed by atoms with Crippen molar-refractivity contribution >= 4 is 23.3 Å². The molecule has 0 saturated heterocycles. The molecule has 0 amide bonds. The molecule has 0 aromatic carbocycles. The van der Waals surface area contributed by atoms with Gasteiger partial charge in [0.1, 0.15) is 0 Å². The summed E-state index contributed by atoms with van der Waals surface area (Å²) in [6, 6.07) is 2.14. The quantitative estimate of drug-likeness (QED) is 0.766. The van der Waals surface area contributed by atoms with Gasteiger partial charge in [0.25, 0.3) is 0 Å². The zero-order valence-corrected chi connectivity index (χ0v) is 9.84. The number of hydrogen-bond donors (Lipinski definition) is 2. The van der Waals surface area contributed by atoms with Crippen LogP contribution in [0.4, 0.5) is 5.95 Å².